The van der Waals surface area contributed by atoms with Crippen molar-refractivity contribution in [2.24, 2.45) is 0 Å². The van der Waals surface area contributed by atoms with E-state index in [4.69, 9.17) is 5.26 Å². The zero-order chi connectivity index (χ0) is 13.2. The molecule has 0 radical (unpaired) electrons. The molecular formula is C10H10N4O2S2. The molecule has 0 aliphatic rings. The first-order valence-corrected chi connectivity index (χ1v) is 7.31. The van der Waals surface area contributed by atoms with Gasteiger partial charge in [-0.25, -0.2) is 13.1 Å². The Hall–Kier alpha value is -1.69. The predicted octanol–water partition coefficient (Wildman–Crippen LogP) is 1.13. The van der Waals surface area contributed by atoms with Gasteiger partial charge in [0, 0.05) is 17.8 Å². The number of hydrogen-bond donors (Lipinski definition) is 2. The molecule has 18 heavy (non-hydrogen) atoms. The fourth-order valence-electron chi connectivity index (χ4n) is 1.32. The molecule has 8 heteroatoms. The minimum atomic E-state index is -3.57. The van der Waals surface area contributed by atoms with E-state index >= 15 is 0 Å². The topological polar surface area (TPSA) is 98.6 Å². The van der Waals surface area contributed by atoms with Crippen LogP contribution >= 0.6 is 11.3 Å². The third kappa shape index (κ3) is 2.59. The third-order valence-electron chi connectivity index (χ3n) is 2.34. The second kappa shape index (κ2) is 4.89. The molecule has 2 rings (SSSR count). The van der Waals surface area contributed by atoms with E-state index in [1.165, 1.54) is 12.1 Å². The lowest BCUT2D eigenvalue weighted by molar-refractivity contribution is 0.583. The monoisotopic (exact) mass is 282 g/mol. The van der Waals surface area contributed by atoms with Crippen molar-refractivity contribution in [1.29, 1.82) is 5.26 Å². The number of sulfonamides is 1. The van der Waals surface area contributed by atoms with Crippen LogP contribution in [0.4, 0.5) is 0 Å². The molecule has 2 heterocycles. The van der Waals surface area contributed by atoms with Crippen LogP contribution in [0.25, 0.3) is 0 Å². The van der Waals surface area contributed by atoms with E-state index in [-0.39, 0.29) is 10.8 Å². The summed E-state index contributed by atoms with van der Waals surface area (Å²) in [7, 11) is -3.57. The smallest absolute Gasteiger partial charge is 0.250 e. The Kier molecular flexibility index (Phi) is 3.47. The zero-order valence-electron chi connectivity index (χ0n) is 9.47. The fourth-order valence-corrected chi connectivity index (χ4v) is 3.48. The van der Waals surface area contributed by atoms with Crippen LogP contribution in [0.2, 0.25) is 0 Å². The fraction of sp³-hybridized carbons (Fsp3) is 0.200. The van der Waals surface area contributed by atoms with Crippen LogP contribution in [0.15, 0.2) is 22.5 Å². The summed E-state index contributed by atoms with van der Waals surface area (Å²) in [5.74, 6) is 0. The van der Waals surface area contributed by atoms with E-state index in [1.54, 1.807) is 6.20 Å². The number of aryl methyl sites for hydroxylation is 1. The summed E-state index contributed by atoms with van der Waals surface area (Å²) in [4.78, 5) is 0.370. The first-order valence-electron chi connectivity index (χ1n) is 5.01. The van der Waals surface area contributed by atoms with E-state index in [2.05, 4.69) is 14.9 Å². The summed E-state index contributed by atoms with van der Waals surface area (Å²) >= 11 is 0.946. The first kappa shape index (κ1) is 12.8. The van der Waals surface area contributed by atoms with Gasteiger partial charge >= 0.3 is 0 Å². The summed E-state index contributed by atoms with van der Waals surface area (Å²) in [5.41, 5.74) is 1.61. The Morgan fingerprint density at radius 1 is 1.56 bits per heavy atom. The highest BCUT2D eigenvalue weighted by molar-refractivity contribution is 7.91. The highest BCUT2D eigenvalue weighted by Gasteiger charge is 2.17. The molecule has 2 N–H and O–H groups in total. The lowest BCUT2D eigenvalue weighted by atomic mass is 10.3. The molecule has 0 unspecified atom stereocenters. The average Bonchev–Trinajstić information content (AvgIpc) is 2.95. The molecule has 0 spiro atoms. The van der Waals surface area contributed by atoms with Crippen molar-refractivity contribution in [1.82, 2.24) is 14.9 Å². The molecule has 0 aromatic carbocycles. The van der Waals surface area contributed by atoms with Crippen LogP contribution < -0.4 is 4.72 Å². The number of aromatic nitrogens is 2. The van der Waals surface area contributed by atoms with Gasteiger partial charge < -0.3 is 0 Å². The SMILES string of the molecule is Cc1[nH]ncc1CNS(=O)(=O)c1ccc(C#N)s1. The van der Waals surface area contributed by atoms with Crippen molar-refractivity contribution in [3.63, 3.8) is 0 Å². The molecular weight excluding hydrogens is 272 g/mol. The Balaban J connectivity index is 2.13. The summed E-state index contributed by atoms with van der Waals surface area (Å²) in [5, 5.41) is 15.2. The maximum atomic E-state index is 11.9. The molecule has 0 saturated carbocycles. The van der Waals surface area contributed by atoms with Crippen LogP contribution in [-0.2, 0) is 16.6 Å². The van der Waals surface area contributed by atoms with Crippen LogP contribution in [-0.4, -0.2) is 18.6 Å². The van der Waals surface area contributed by atoms with Gasteiger partial charge in [0.15, 0.2) is 0 Å². The van der Waals surface area contributed by atoms with Gasteiger partial charge in [-0.2, -0.15) is 10.4 Å². The molecule has 0 fully saturated rings. The van der Waals surface area contributed by atoms with Gasteiger partial charge in [-0.05, 0) is 19.1 Å². The van der Waals surface area contributed by atoms with Crippen molar-refractivity contribution in [3.05, 3.63) is 34.5 Å². The van der Waals surface area contributed by atoms with Gasteiger partial charge in [-0.1, -0.05) is 0 Å². The molecule has 0 bridgehead atoms. The second-order valence-corrected chi connectivity index (χ2v) is 6.65. The van der Waals surface area contributed by atoms with Crippen LogP contribution in [0, 0.1) is 18.3 Å². The van der Waals surface area contributed by atoms with E-state index in [1.807, 2.05) is 13.0 Å². The number of hydrogen-bond acceptors (Lipinski definition) is 5. The molecule has 0 amide bonds. The molecule has 94 valence electrons. The highest BCUT2D eigenvalue weighted by atomic mass is 32.2. The molecule has 0 saturated heterocycles. The van der Waals surface area contributed by atoms with Gasteiger partial charge in [-0.3, -0.25) is 5.10 Å². The van der Waals surface area contributed by atoms with Crippen molar-refractivity contribution >= 4 is 21.4 Å². The molecule has 6 nitrogen and oxygen atoms in total. The molecule has 0 atom stereocenters. The van der Waals surface area contributed by atoms with Crippen molar-refractivity contribution < 1.29 is 8.42 Å². The second-order valence-electron chi connectivity index (χ2n) is 3.58. The minimum absolute atomic E-state index is 0.139. The van der Waals surface area contributed by atoms with Crippen molar-refractivity contribution in [2.75, 3.05) is 0 Å². The van der Waals surface area contributed by atoms with Gasteiger partial charge in [-0.15, -0.1) is 11.3 Å². The molecule has 0 aliphatic carbocycles. The number of nitriles is 1. The Morgan fingerprint density at radius 2 is 2.33 bits per heavy atom. The van der Waals surface area contributed by atoms with Gasteiger partial charge in [0.1, 0.15) is 15.2 Å². The Bertz CT molecular complexity index is 694. The first-order chi connectivity index (χ1) is 8.53. The normalized spacial score (nSPS) is 11.3. The third-order valence-corrected chi connectivity index (χ3v) is 5.23. The quantitative estimate of drug-likeness (QED) is 0.878. The molecule has 2 aromatic rings. The predicted molar refractivity (Wildman–Crippen MR) is 66.4 cm³/mol. The van der Waals surface area contributed by atoms with Gasteiger partial charge in [0.25, 0.3) is 0 Å². The summed E-state index contributed by atoms with van der Waals surface area (Å²) in [6.07, 6.45) is 1.58. The maximum Gasteiger partial charge on any atom is 0.250 e. The minimum Gasteiger partial charge on any atom is -0.283 e. The van der Waals surface area contributed by atoms with E-state index in [0.717, 1.165) is 22.6 Å². The summed E-state index contributed by atoms with van der Waals surface area (Å²) in [6.45, 7) is 1.99. The Labute approximate surface area is 108 Å². The Morgan fingerprint density at radius 3 is 2.89 bits per heavy atom. The largest absolute Gasteiger partial charge is 0.283 e. The number of thiophene rings is 1. The van der Waals surface area contributed by atoms with E-state index < -0.39 is 10.0 Å². The number of H-pyrrole nitrogens is 1. The number of aromatic amines is 1. The lowest BCUT2D eigenvalue weighted by Gasteiger charge is -2.03. The number of nitrogens with zero attached hydrogens (tertiary/aromatic N) is 2. The summed E-state index contributed by atoms with van der Waals surface area (Å²) < 4.78 is 26.5. The van der Waals surface area contributed by atoms with Crippen molar-refractivity contribution in [2.45, 2.75) is 17.7 Å². The van der Waals surface area contributed by atoms with Crippen molar-refractivity contribution in [3.8, 4) is 6.07 Å². The number of nitrogens with one attached hydrogen (secondary N) is 2. The highest BCUT2D eigenvalue weighted by Crippen LogP contribution is 2.20. The van der Waals surface area contributed by atoms with Crippen LogP contribution in [0.5, 0.6) is 0 Å². The van der Waals surface area contributed by atoms with Gasteiger partial charge in [0.05, 0.1) is 6.20 Å². The average molecular weight is 282 g/mol. The molecule has 0 aliphatic heterocycles. The summed E-state index contributed by atoms with van der Waals surface area (Å²) in [6, 6.07) is 4.82. The standard InChI is InChI=1S/C10H10N4O2S2/c1-7-8(5-12-14-7)6-13-18(15,16)10-3-2-9(4-11)17-10/h2-3,5,13H,6H2,1H3,(H,12,14). The lowest BCUT2D eigenvalue weighted by Crippen LogP contribution is -2.22. The maximum absolute atomic E-state index is 11.9. The van der Waals surface area contributed by atoms with E-state index in [9.17, 15) is 8.42 Å². The van der Waals surface area contributed by atoms with Crippen LogP contribution in [0.3, 0.4) is 0 Å². The zero-order valence-corrected chi connectivity index (χ0v) is 11.1. The van der Waals surface area contributed by atoms with Crippen LogP contribution in [0.1, 0.15) is 16.1 Å². The van der Waals surface area contributed by atoms with Gasteiger partial charge in [0.2, 0.25) is 10.0 Å². The number of rotatable bonds is 4. The molecule has 2 aromatic heterocycles. The van der Waals surface area contributed by atoms with E-state index in [0.29, 0.717) is 4.88 Å².